The number of anilines is 1. The molecule has 1 heterocycles. The van der Waals surface area contributed by atoms with Crippen molar-refractivity contribution < 1.29 is 9.63 Å². The molecule has 154 valence electrons. The molecule has 0 bridgehead atoms. The molecule has 2 N–H and O–H groups in total. The van der Waals surface area contributed by atoms with Gasteiger partial charge in [-0.2, -0.15) is 5.26 Å². The van der Waals surface area contributed by atoms with Crippen molar-refractivity contribution in [1.29, 1.82) is 5.26 Å². The van der Waals surface area contributed by atoms with E-state index in [1.807, 2.05) is 51.1 Å². The molecule has 0 aliphatic heterocycles. The number of pyridine rings is 1. The molecular weight excluding hydrogens is 376 g/mol. The van der Waals surface area contributed by atoms with E-state index in [-0.39, 0.29) is 12.5 Å². The maximum Gasteiger partial charge on any atom is 0.276 e. The number of para-hydroxylation sites is 1. The first kappa shape index (κ1) is 22.6. The second-order valence-corrected chi connectivity index (χ2v) is 6.23. The molecule has 6 heteroatoms. The number of aromatic nitrogens is 1. The second kappa shape index (κ2) is 12.0. The van der Waals surface area contributed by atoms with Gasteiger partial charge in [-0.05, 0) is 60.0 Å². The SMILES string of the molecule is CC.Cc1cc(C#N)ccc1CONC(=O)c1ccccc1NCc1ccncc1. The molecule has 0 aliphatic rings. The molecule has 0 saturated heterocycles. The van der Waals surface area contributed by atoms with Crippen LogP contribution >= 0.6 is 0 Å². The van der Waals surface area contributed by atoms with E-state index in [1.54, 1.807) is 36.7 Å². The van der Waals surface area contributed by atoms with Gasteiger partial charge in [-0.3, -0.25) is 14.6 Å². The zero-order valence-corrected chi connectivity index (χ0v) is 17.5. The van der Waals surface area contributed by atoms with Crippen LogP contribution in [0, 0.1) is 18.3 Å². The number of carbonyl (C=O) groups is 1. The summed E-state index contributed by atoms with van der Waals surface area (Å²) in [7, 11) is 0. The first-order valence-electron chi connectivity index (χ1n) is 9.81. The molecule has 1 amide bonds. The number of hydroxylamine groups is 1. The van der Waals surface area contributed by atoms with Crippen molar-refractivity contribution in [2.75, 3.05) is 5.32 Å². The molecule has 30 heavy (non-hydrogen) atoms. The summed E-state index contributed by atoms with van der Waals surface area (Å²) in [6.07, 6.45) is 3.46. The highest BCUT2D eigenvalue weighted by molar-refractivity contribution is 5.99. The third kappa shape index (κ3) is 6.43. The molecule has 3 rings (SSSR count). The molecule has 0 unspecified atom stereocenters. The van der Waals surface area contributed by atoms with Crippen LogP contribution in [0.4, 0.5) is 5.69 Å². The Hall–Kier alpha value is -3.69. The number of benzene rings is 2. The van der Waals surface area contributed by atoms with Crippen LogP contribution in [0.3, 0.4) is 0 Å². The first-order chi connectivity index (χ1) is 14.7. The van der Waals surface area contributed by atoms with Gasteiger partial charge in [0.15, 0.2) is 0 Å². The molecule has 0 radical (unpaired) electrons. The molecule has 3 aromatic rings. The number of amides is 1. The Kier molecular flexibility index (Phi) is 9.04. The summed E-state index contributed by atoms with van der Waals surface area (Å²) >= 11 is 0. The first-order valence-corrected chi connectivity index (χ1v) is 9.81. The van der Waals surface area contributed by atoms with Crippen molar-refractivity contribution in [3.05, 3.63) is 94.8 Å². The van der Waals surface area contributed by atoms with E-state index in [0.717, 1.165) is 22.4 Å². The second-order valence-electron chi connectivity index (χ2n) is 6.23. The number of rotatable bonds is 7. The van der Waals surface area contributed by atoms with E-state index in [4.69, 9.17) is 10.1 Å². The molecule has 0 saturated carbocycles. The number of nitriles is 1. The summed E-state index contributed by atoms with van der Waals surface area (Å²) in [6.45, 7) is 6.70. The van der Waals surface area contributed by atoms with Crippen LogP contribution in [-0.2, 0) is 18.0 Å². The number of carbonyl (C=O) groups excluding carboxylic acids is 1. The summed E-state index contributed by atoms with van der Waals surface area (Å²) < 4.78 is 0. The van der Waals surface area contributed by atoms with Crippen molar-refractivity contribution >= 4 is 11.6 Å². The Balaban J connectivity index is 0.00000155. The topological polar surface area (TPSA) is 87.0 Å². The Bertz CT molecular complexity index is 998. The van der Waals surface area contributed by atoms with Crippen molar-refractivity contribution in [2.24, 2.45) is 0 Å². The zero-order chi connectivity index (χ0) is 21.8. The van der Waals surface area contributed by atoms with Gasteiger partial charge in [0.1, 0.15) is 6.61 Å². The summed E-state index contributed by atoms with van der Waals surface area (Å²) in [5.74, 6) is -0.330. The predicted molar refractivity (Wildman–Crippen MR) is 118 cm³/mol. The van der Waals surface area contributed by atoms with Crippen LogP contribution in [0.25, 0.3) is 0 Å². The molecule has 0 spiro atoms. The van der Waals surface area contributed by atoms with Gasteiger partial charge in [0.05, 0.1) is 17.2 Å². The van der Waals surface area contributed by atoms with E-state index >= 15 is 0 Å². The Labute approximate surface area is 177 Å². The fraction of sp³-hybridized carbons (Fsp3) is 0.208. The Morgan fingerprint density at radius 2 is 1.83 bits per heavy atom. The van der Waals surface area contributed by atoms with Gasteiger partial charge >= 0.3 is 0 Å². The average molecular weight is 402 g/mol. The van der Waals surface area contributed by atoms with Crippen molar-refractivity contribution in [3.63, 3.8) is 0 Å². The highest BCUT2D eigenvalue weighted by Gasteiger charge is 2.11. The van der Waals surface area contributed by atoms with Crippen molar-refractivity contribution in [1.82, 2.24) is 10.5 Å². The predicted octanol–water partition coefficient (Wildman–Crippen LogP) is 4.76. The van der Waals surface area contributed by atoms with Gasteiger partial charge in [-0.1, -0.05) is 32.0 Å². The van der Waals surface area contributed by atoms with E-state index in [0.29, 0.717) is 17.7 Å². The maximum absolute atomic E-state index is 12.5. The maximum atomic E-state index is 12.5. The summed E-state index contributed by atoms with van der Waals surface area (Å²) in [6, 6.07) is 18.5. The van der Waals surface area contributed by atoms with Gasteiger partial charge < -0.3 is 5.32 Å². The number of aryl methyl sites for hydroxylation is 1. The van der Waals surface area contributed by atoms with Gasteiger partial charge in [0.25, 0.3) is 5.91 Å². The van der Waals surface area contributed by atoms with E-state index < -0.39 is 0 Å². The minimum atomic E-state index is -0.330. The molecule has 1 aromatic heterocycles. The van der Waals surface area contributed by atoms with Crippen LogP contribution < -0.4 is 10.8 Å². The average Bonchev–Trinajstić information content (AvgIpc) is 2.80. The number of nitrogens with zero attached hydrogens (tertiary/aromatic N) is 2. The standard InChI is InChI=1S/C22H20N4O2.C2H6/c1-16-12-18(13-23)6-7-19(16)15-28-26-22(27)20-4-2-3-5-21(20)25-14-17-8-10-24-11-9-17;1-2/h2-12,25H,14-15H2,1H3,(H,26,27);1-2H3. The molecule has 0 fully saturated rings. The largest absolute Gasteiger partial charge is 0.380 e. The van der Waals surface area contributed by atoms with Crippen molar-refractivity contribution in [2.45, 2.75) is 33.9 Å². The molecule has 0 aliphatic carbocycles. The Morgan fingerprint density at radius 3 is 2.53 bits per heavy atom. The third-order valence-electron chi connectivity index (χ3n) is 4.27. The highest BCUT2D eigenvalue weighted by Crippen LogP contribution is 2.16. The summed E-state index contributed by atoms with van der Waals surface area (Å²) in [4.78, 5) is 21.9. The smallest absolute Gasteiger partial charge is 0.276 e. The lowest BCUT2D eigenvalue weighted by Gasteiger charge is -2.13. The van der Waals surface area contributed by atoms with Gasteiger partial charge in [-0.15, -0.1) is 0 Å². The lowest BCUT2D eigenvalue weighted by atomic mass is 10.1. The van der Waals surface area contributed by atoms with Crippen LogP contribution in [0.5, 0.6) is 0 Å². The lowest BCUT2D eigenvalue weighted by molar-refractivity contribution is 0.0232. The van der Waals surface area contributed by atoms with Crippen LogP contribution in [0.2, 0.25) is 0 Å². The molecule has 2 aromatic carbocycles. The number of hydrogen-bond donors (Lipinski definition) is 2. The summed E-state index contributed by atoms with van der Waals surface area (Å²) in [5, 5.41) is 12.2. The third-order valence-corrected chi connectivity index (χ3v) is 4.27. The number of hydrogen-bond acceptors (Lipinski definition) is 5. The van der Waals surface area contributed by atoms with Gasteiger partial charge in [-0.25, -0.2) is 5.48 Å². The van der Waals surface area contributed by atoms with E-state index in [9.17, 15) is 4.79 Å². The van der Waals surface area contributed by atoms with Crippen molar-refractivity contribution in [3.8, 4) is 6.07 Å². The van der Waals surface area contributed by atoms with E-state index in [2.05, 4.69) is 21.9 Å². The fourth-order valence-corrected chi connectivity index (χ4v) is 2.69. The molecular formula is C24H26N4O2. The van der Waals surface area contributed by atoms with Gasteiger partial charge in [0.2, 0.25) is 0 Å². The van der Waals surface area contributed by atoms with Crippen LogP contribution in [0.15, 0.2) is 67.0 Å². The fourth-order valence-electron chi connectivity index (χ4n) is 2.69. The molecule has 6 nitrogen and oxygen atoms in total. The highest BCUT2D eigenvalue weighted by atomic mass is 16.6. The minimum Gasteiger partial charge on any atom is -0.380 e. The van der Waals surface area contributed by atoms with Crippen LogP contribution in [0.1, 0.15) is 46.5 Å². The normalized spacial score (nSPS) is 9.67. The van der Waals surface area contributed by atoms with E-state index in [1.165, 1.54) is 0 Å². The monoisotopic (exact) mass is 402 g/mol. The lowest BCUT2D eigenvalue weighted by Crippen LogP contribution is -2.24. The zero-order valence-electron chi connectivity index (χ0n) is 17.5. The van der Waals surface area contributed by atoms with Gasteiger partial charge in [0, 0.05) is 24.6 Å². The number of nitrogens with one attached hydrogen (secondary N) is 2. The van der Waals surface area contributed by atoms with Crippen LogP contribution in [-0.4, -0.2) is 10.9 Å². The Morgan fingerprint density at radius 1 is 1.10 bits per heavy atom. The summed E-state index contributed by atoms with van der Waals surface area (Å²) in [5.41, 5.74) is 7.21. The quantitative estimate of drug-likeness (QED) is 0.556. The minimum absolute atomic E-state index is 0.218. The molecule has 0 atom stereocenters.